The first-order valence-corrected chi connectivity index (χ1v) is 7.72. The Hall–Kier alpha value is -1.54. The van der Waals surface area contributed by atoms with Gasteiger partial charge in [-0.3, -0.25) is 4.90 Å². The van der Waals surface area contributed by atoms with Crippen molar-refractivity contribution in [1.29, 1.82) is 0 Å². The van der Waals surface area contributed by atoms with Crippen LogP contribution in [-0.4, -0.2) is 23.5 Å². The van der Waals surface area contributed by atoms with Crippen LogP contribution in [0.3, 0.4) is 0 Å². The zero-order valence-electron chi connectivity index (χ0n) is 12.3. The molecule has 4 rings (SSSR count). The molecular weight excluding hydrogens is 244 g/mol. The maximum atomic E-state index is 4.44. The second kappa shape index (κ2) is 4.23. The Labute approximate surface area is 120 Å². The van der Waals surface area contributed by atoms with E-state index >= 15 is 0 Å². The van der Waals surface area contributed by atoms with Gasteiger partial charge < -0.3 is 4.98 Å². The maximum absolute atomic E-state index is 4.44. The third-order valence-corrected chi connectivity index (χ3v) is 5.47. The Balaban J connectivity index is 2.03. The number of fused-ring (bicyclic) bond motifs is 6. The van der Waals surface area contributed by atoms with Crippen molar-refractivity contribution in [1.82, 2.24) is 9.88 Å². The molecule has 0 radical (unpaired) electrons. The zero-order valence-corrected chi connectivity index (χ0v) is 12.3. The van der Waals surface area contributed by atoms with E-state index in [1.54, 1.807) is 0 Å². The molecule has 1 saturated heterocycles. The number of aromatic nitrogens is 1. The van der Waals surface area contributed by atoms with Crippen LogP contribution < -0.4 is 0 Å². The van der Waals surface area contributed by atoms with Gasteiger partial charge in [0.15, 0.2) is 0 Å². The molecule has 20 heavy (non-hydrogen) atoms. The van der Waals surface area contributed by atoms with Crippen LogP contribution in [0.25, 0.3) is 16.5 Å². The molecular formula is C18H22N2. The van der Waals surface area contributed by atoms with E-state index in [1.165, 1.54) is 47.1 Å². The van der Waals surface area contributed by atoms with Gasteiger partial charge in [0.25, 0.3) is 0 Å². The number of H-pyrrole nitrogens is 1. The van der Waals surface area contributed by atoms with Crippen molar-refractivity contribution in [3.63, 3.8) is 0 Å². The minimum absolute atomic E-state index is 0.551. The molecule has 0 saturated carbocycles. The molecule has 1 fully saturated rings. The largest absolute Gasteiger partial charge is 0.355 e. The summed E-state index contributed by atoms with van der Waals surface area (Å²) in [7, 11) is 2.28. The van der Waals surface area contributed by atoms with Crippen LogP contribution in [0.15, 0.2) is 30.8 Å². The van der Waals surface area contributed by atoms with Gasteiger partial charge in [0.1, 0.15) is 0 Å². The molecule has 3 atom stereocenters. The number of likely N-dealkylation sites (tertiary alicyclic amines) is 1. The van der Waals surface area contributed by atoms with E-state index in [4.69, 9.17) is 0 Å². The monoisotopic (exact) mass is 266 g/mol. The van der Waals surface area contributed by atoms with Gasteiger partial charge >= 0.3 is 0 Å². The average molecular weight is 266 g/mol. The van der Waals surface area contributed by atoms with Gasteiger partial charge in [0, 0.05) is 28.2 Å². The molecule has 1 aromatic heterocycles. The lowest BCUT2D eigenvalue weighted by Crippen LogP contribution is -2.44. The number of nitrogens with one attached hydrogen (secondary N) is 1. The Kier molecular flexibility index (Phi) is 2.58. The van der Waals surface area contributed by atoms with E-state index < -0.39 is 0 Å². The second-order valence-electron chi connectivity index (χ2n) is 6.38. The fraction of sp³-hybridized carbons (Fsp3) is 0.444. The number of aromatic amines is 1. The van der Waals surface area contributed by atoms with Gasteiger partial charge in [0.2, 0.25) is 0 Å². The van der Waals surface area contributed by atoms with Gasteiger partial charge in [-0.2, -0.15) is 0 Å². The third kappa shape index (κ3) is 1.43. The first-order chi connectivity index (χ1) is 9.72. The molecule has 0 spiro atoms. The zero-order chi connectivity index (χ0) is 13.9. The Morgan fingerprint density at radius 2 is 2.15 bits per heavy atom. The number of nitrogens with zero attached hydrogens (tertiary/aromatic N) is 1. The minimum atomic E-state index is 0.551. The summed E-state index contributed by atoms with van der Waals surface area (Å²) in [6.07, 6.45) is 2.48. The summed E-state index contributed by atoms with van der Waals surface area (Å²) in [4.78, 5) is 6.19. The first-order valence-electron chi connectivity index (χ1n) is 7.72. The highest BCUT2D eigenvalue weighted by Crippen LogP contribution is 2.53. The van der Waals surface area contributed by atoms with E-state index in [-0.39, 0.29) is 0 Å². The SMILES string of the molecule is C=C1c2[nH]c3ccccc3c2[C@@H]2[C@H](CC)[C@@H]1CCN2C. The lowest BCUT2D eigenvalue weighted by molar-refractivity contribution is 0.0839. The van der Waals surface area contributed by atoms with E-state index in [9.17, 15) is 0 Å². The van der Waals surface area contributed by atoms with E-state index in [1.807, 2.05) is 0 Å². The molecule has 0 unspecified atom stereocenters. The normalized spacial score (nSPS) is 29.7. The molecule has 2 nitrogen and oxygen atoms in total. The Morgan fingerprint density at radius 1 is 1.35 bits per heavy atom. The number of hydrogen-bond acceptors (Lipinski definition) is 1. The summed E-state index contributed by atoms with van der Waals surface area (Å²) >= 11 is 0. The molecule has 0 amide bonds. The fourth-order valence-electron chi connectivity index (χ4n) is 4.53. The van der Waals surface area contributed by atoms with E-state index in [2.05, 4.69) is 54.7 Å². The minimum Gasteiger partial charge on any atom is -0.355 e. The van der Waals surface area contributed by atoms with Gasteiger partial charge in [0.05, 0.1) is 0 Å². The predicted octanol–water partition coefficient (Wildman–Crippen LogP) is 4.21. The topological polar surface area (TPSA) is 19.0 Å². The summed E-state index contributed by atoms with van der Waals surface area (Å²) in [5.41, 5.74) is 5.41. The highest BCUT2D eigenvalue weighted by atomic mass is 15.1. The van der Waals surface area contributed by atoms with Gasteiger partial charge in [-0.05, 0) is 43.5 Å². The summed E-state index contributed by atoms with van der Waals surface area (Å²) in [6.45, 7) is 7.96. The molecule has 1 N–H and O–H groups in total. The van der Waals surface area contributed by atoms with Crippen molar-refractivity contribution < 1.29 is 0 Å². The molecule has 2 bridgehead atoms. The number of allylic oxidation sites excluding steroid dienone is 1. The van der Waals surface area contributed by atoms with Crippen LogP contribution in [0.4, 0.5) is 0 Å². The van der Waals surface area contributed by atoms with Crippen molar-refractivity contribution in [2.75, 3.05) is 13.6 Å². The third-order valence-electron chi connectivity index (χ3n) is 5.47. The smallest absolute Gasteiger partial charge is 0.0469 e. The number of rotatable bonds is 1. The Bertz CT molecular complexity index is 682. The highest BCUT2D eigenvalue weighted by Gasteiger charge is 2.44. The molecule has 1 aliphatic heterocycles. The van der Waals surface area contributed by atoms with Crippen LogP contribution in [0.5, 0.6) is 0 Å². The summed E-state index contributed by atoms with van der Waals surface area (Å²) in [6, 6.07) is 9.25. The van der Waals surface area contributed by atoms with Crippen LogP contribution in [-0.2, 0) is 0 Å². The molecule has 1 aliphatic carbocycles. The quantitative estimate of drug-likeness (QED) is 0.819. The first kappa shape index (κ1) is 12.2. The molecule has 2 aromatic rings. The average Bonchev–Trinajstić information content (AvgIpc) is 2.85. The molecule has 104 valence electrons. The van der Waals surface area contributed by atoms with Crippen molar-refractivity contribution in [2.45, 2.75) is 25.8 Å². The molecule has 2 heteroatoms. The predicted molar refractivity (Wildman–Crippen MR) is 84.6 cm³/mol. The molecule has 2 heterocycles. The van der Waals surface area contributed by atoms with E-state index in [0.29, 0.717) is 17.9 Å². The van der Waals surface area contributed by atoms with Crippen LogP contribution in [0.1, 0.15) is 37.1 Å². The Morgan fingerprint density at radius 3 is 2.95 bits per heavy atom. The molecule has 1 aromatic carbocycles. The number of benzene rings is 1. The van der Waals surface area contributed by atoms with Crippen molar-refractivity contribution in [2.24, 2.45) is 11.8 Å². The summed E-state index contributed by atoms with van der Waals surface area (Å²) in [5, 5.41) is 1.39. The summed E-state index contributed by atoms with van der Waals surface area (Å²) < 4.78 is 0. The van der Waals surface area contributed by atoms with Crippen LogP contribution >= 0.6 is 0 Å². The standard InChI is InChI=1S/C18H22N2/c1-4-12-13-9-10-20(3)18(12)16-14-7-5-6-8-15(14)19-17(16)11(13)2/h5-8,12-13,18-19H,2,4,9-10H2,1,3H3/t12-,13-,18+/m1/s1. The highest BCUT2D eigenvalue weighted by molar-refractivity contribution is 5.91. The van der Waals surface area contributed by atoms with Crippen molar-refractivity contribution in [3.8, 4) is 0 Å². The van der Waals surface area contributed by atoms with Crippen LogP contribution in [0.2, 0.25) is 0 Å². The lowest BCUT2D eigenvalue weighted by Gasteiger charge is -2.48. The summed E-state index contributed by atoms with van der Waals surface area (Å²) in [5.74, 6) is 1.37. The van der Waals surface area contributed by atoms with Crippen LogP contribution in [0, 0.1) is 11.8 Å². The fourth-order valence-corrected chi connectivity index (χ4v) is 4.53. The maximum Gasteiger partial charge on any atom is 0.0469 e. The van der Waals surface area contributed by atoms with Gasteiger partial charge in [-0.1, -0.05) is 38.1 Å². The lowest BCUT2D eigenvalue weighted by atomic mass is 9.66. The number of para-hydroxylation sites is 1. The molecule has 2 aliphatic rings. The van der Waals surface area contributed by atoms with Crippen molar-refractivity contribution >= 4 is 16.5 Å². The van der Waals surface area contributed by atoms with Gasteiger partial charge in [-0.25, -0.2) is 0 Å². The van der Waals surface area contributed by atoms with Gasteiger partial charge in [-0.15, -0.1) is 0 Å². The second-order valence-corrected chi connectivity index (χ2v) is 6.38. The number of hydrogen-bond donors (Lipinski definition) is 1. The van der Waals surface area contributed by atoms with Crippen molar-refractivity contribution in [3.05, 3.63) is 42.1 Å². The van der Waals surface area contributed by atoms with E-state index in [0.717, 1.165) is 0 Å². The number of piperidine rings is 1.